The van der Waals surface area contributed by atoms with Crippen LogP contribution < -0.4 is 10.1 Å². The third-order valence-electron chi connectivity index (χ3n) is 4.88. The molecule has 1 heterocycles. The lowest BCUT2D eigenvalue weighted by atomic mass is 9.74. The van der Waals surface area contributed by atoms with Gasteiger partial charge in [0.1, 0.15) is 5.75 Å². The summed E-state index contributed by atoms with van der Waals surface area (Å²) in [5.74, 6) is 1.37. The highest BCUT2D eigenvalue weighted by molar-refractivity contribution is 5.80. The monoisotopic (exact) mass is 301 g/mol. The van der Waals surface area contributed by atoms with Gasteiger partial charge in [-0.2, -0.15) is 0 Å². The van der Waals surface area contributed by atoms with Crippen molar-refractivity contribution < 1.29 is 9.53 Å². The first kappa shape index (κ1) is 16.6. The fourth-order valence-corrected chi connectivity index (χ4v) is 3.66. The number of ether oxygens (including phenoxy) is 1. The molecule has 1 aliphatic rings. The van der Waals surface area contributed by atoms with E-state index in [2.05, 4.69) is 31.8 Å². The first-order chi connectivity index (χ1) is 10.7. The molecule has 1 aromatic rings. The van der Waals surface area contributed by atoms with Gasteiger partial charge in [-0.25, -0.2) is 0 Å². The van der Waals surface area contributed by atoms with Crippen LogP contribution >= 0.6 is 0 Å². The number of allylic oxidation sites excluding steroid dienone is 1. The Kier molecular flexibility index (Phi) is 5.64. The number of amides is 1. The maximum Gasteiger partial charge on any atom is 0.224 e. The molecule has 1 aromatic carbocycles. The standard InChI is InChI=1S/C19H27NO2/c1-5-13(6-2)18(19(21)20-4)14(7-3)15-9-8-10-17-16(15)11-12-22-17/h7-10,13-14,18H,3,5-6,11-12H2,1-2,4H3,(H,20,21)/t14-,18?/m1/s1. The van der Waals surface area contributed by atoms with E-state index in [-0.39, 0.29) is 17.7 Å². The molecule has 120 valence electrons. The number of carbonyl (C=O) groups is 1. The van der Waals surface area contributed by atoms with E-state index in [0.29, 0.717) is 5.92 Å². The smallest absolute Gasteiger partial charge is 0.224 e. The van der Waals surface area contributed by atoms with Crippen molar-refractivity contribution in [1.82, 2.24) is 5.32 Å². The molecule has 2 rings (SSSR count). The van der Waals surface area contributed by atoms with E-state index < -0.39 is 0 Å². The maximum absolute atomic E-state index is 12.6. The van der Waals surface area contributed by atoms with Crippen LogP contribution in [0.1, 0.15) is 43.7 Å². The first-order valence-electron chi connectivity index (χ1n) is 8.26. The van der Waals surface area contributed by atoms with Crippen LogP contribution in [0.4, 0.5) is 0 Å². The Hall–Kier alpha value is -1.77. The van der Waals surface area contributed by atoms with Crippen molar-refractivity contribution in [1.29, 1.82) is 0 Å². The molecular weight excluding hydrogens is 274 g/mol. The van der Waals surface area contributed by atoms with E-state index in [9.17, 15) is 4.79 Å². The Morgan fingerprint density at radius 3 is 2.73 bits per heavy atom. The maximum atomic E-state index is 12.6. The Labute approximate surface area is 133 Å². The van der Waals surface area contributed by atoms with Crippen LogP contribution in [-0.4, -0.2) is 19.6 Å². The summed E-state index contributed by atoms with van der Waals surface area (Å²) in [6.07, 6.45) is 4.83. The van der Waals surface area contributed by atoms with Crippen LogP contribution in [-0.2, 0) is 11.2 Å². The van der Waals surface area contributed by atoms with E-state index >= 15 is 0 Å². The van der Waals surface area contributed by atoms with Gasteiger partial charge in [-0.3, -0.25) is 4.79 Å². The van der Waals surface area contributed by atoms with Gasteiger partial charge in [0, 0.05) is 24.9 Å². The number of hydrogen-bond acceptors (Lipinski definition) is 2. The lowest BCUT2D eigenvalue weighted by Crippen LogP contribution is -2.36. The molecule has 3 heteroatoms. The van der Waals surface area contributed by atoms with E-state index in [1.807, 2.05) is 18.2 Å². The van der Waals surface area contributed by atoms with Crippen LogP contribution in [0.5, 0.6) is 5.75 Å². The zero-order chi connectivity index (χ0) is 16.1. The molecule has 0 spiro atoms. The highest BCUT2D eigenvalue weighted by Crippen LogP contribution is 2.40. The van der Waals surface area contributed by atoms with Gasteiger partial charge in [0.15, 0.2) is 0 Å². The Morgan fingerprint density at radius 1 is 1.41 bits per heavy atom. The predicted octanol–water partition coefficient (Wildman–Crippen LogP) is 3.69. The third kappa shape index (κ3) is 3.03. The van der Waals surface area contributed by atoms with Crippen molar-refractivity contribution in [3.05, 3.63) is 42.0 Å². The number of fused-ring (bicyclic) bond motifs is 1. The summed E-state index contributed by atoms with van der Waals surface area (Å²) in [6, 6.07) is 6.15. The van der Waals surface area contributed by atoms with Crippen molar-refractivity contribution >= 4 is 5.91 Å². The van der Waals surface area contributed by atoms with Crippen molar-refractivity contribution in [2.75, 3.05) is 13.7 Å². The molecule has 1 N–H and O–H groups in total. The third-order valence-corrected chi connectivity index (χ3v) is 4.88. The van der Waals surface area contributed by atoms with Crippen LogP contribution in [0.3, 0.4) is 0 Å². The zero-order valence-electron chi connectivity index (χ0n) is 13.9. The lowest BCUT2D eigenvalue weighted by Gasteiger charge is -2.31. The average Bonchev–Trinajstić information content (AvgIpc) is 3.03. The molecule has 1 unspecified atom stereocenters. The van der Waals surface area contributed by atoms with Crippen LogP contribution in [0, 0.1) is 11.8 Å². The zero-order valence-corrected chi connectivity index (χ0v) is 13.9. The Balaban J connectivity index is 2.45. The molecule has 0 bridgehead atoms. The molecule has 1 aliphatic heterocycles. The number of carbonyl (C=O) groups excluding carboxylic acids is 1. The molecule has 0 aromatic heterocycles. The Morgan fingerprint density at radius 2 is 2.14 bits per heavy atom. The summed E-state index contributed by atoms with van der Waals surface area (Å²) in [6.45, 7) is 9.07. The minimum Gasteiger partial charge on any atom is -0.493 e. The first-order valence-corrected chi connectivity index (χ1v) is 8.26. The van der Waals surface area contributed by atoms with Gasteiger partial charge in [0.25, 0.3) is 0 Å². The van der Waals surface area contributed by atoms with Gasteiger partial charge in [-0.1, -0.05) is 44.9 Å². The summed E-state index contributed by atoms with van der Waals surface area (Å²) >= 11 is 0. The summed E-state index contributed by atoms with van der Waals surface area (Å²) in [5, 5.41) is 2.85. The number of benzene rings is 1. The minimum absolute atomic E-state index is 0.0292. The normalized spacial score (nSPS) is 15.8. The molecule has 2 atom stereocenters. The Bertz CT molecular complexity index is 534. The van der Waals surface area contributed by atoms with Crippen LogP contribution in [0.25, 0.3) is 0 Å². The van der Waals surface area contributed by atoms with Gasteiger partial charge < -0.3 is 10.1 Å². The van der Waals surface area contributed by atoms with Crippen molar-refractivity contribution in [2.24, 2.45) is 11.8 Å². The molecule has 0 saturated heterocycles. The molecule has 0 aliphatic carbocycles. The van der Waals surface area contributed by atoms with Crippen molar-refractivity contribution in [2.45, 2.75) is 39.0 Å². The van der Waals surface area contributed by atoms with E-state index in [0.717, 1.165) is 31.6 Å². The summed E-state index contributed by atoms with van der Waals surface area (Å²) in [4.78, 5) is 12.6. The van der Waals surface area contributed by atoms with Crippen molar-refractivity contribution in [3.8, 4) is 5.75 Å². The average molecular weight is 301 g/mol. The van der Waals surface area contributed by atoms with Gasteiger partial charge in [0.2, 0.25) is 5.91 Å². The molecule has 0 radical (unpaired) electrons. The van der Waals surface area contributed by atoms with E-state index in [1.54, 1.807) is 7.05 Å². The topological polar surface area (TPSA) is 38.3 Å². The summed E-state index contributed by atoms with van der Waals surface area (Å²) in [5.41, 5.74) is 2.44. The van der Waals surface area contributed by atoms with E-state index in [4.69, 9.17) is 4.74 Å². The highest BCUT2D eigenvalue weighted by Gasteiger charge is 2.34. The molecule has 0 fully saturated rings. The fraction of sp³-hybridized carbons (Fsp3) is 0.526. The SMILES string of the molecule is C=C[C@H](c1cccc2c1CCO2)C(C(=O)NC)C(CC)CC. The van der Waals surface area contributed by atoms with Crippen LogP contribution in [0.2, 0.25) is 0 Å². The minimum atomic E-state index is -0.0791. The second kappa shape index (κ2) is 7.48. The lowest BCUT2D eigenvalue weighted by molar-refractivity contribution is -0.126. The van der Waals surface area contributed by atoms with Gasteiger partial charge in [0.05, 0.1) is 12.5 Å². The molecule has 3 nitrogen and oxygen atoms in total. The molecule has 0 saturated carbocycles. The molecular formula is C19H27NO2. The van der Waals surface area contributed by atoms with E-state index in [1.165, 1.54) is 11.1 Å². The number of hydrogen-bond donors (Lipinski definition) is 1. The molecule has 22 heavy (non-hydrogen) atoms. The van der Waals surface area contributed by atoms with Gasteiger partial charge in [-0.05, 0) is 17.5 Å². The van der Waals surface area contributed by atoms with Gasteiger partial charge >= 0.3 is 0 Å². The van der Waals surface area contributed by atoms with Crippen LogP contribution in [0.15, 0.2) is 30.9 Å². The second-order valence-corrected chi connectivity index (χ2v) is 5.90. The summed E-state index contributed by atoms with van der Waals surface area (Å²) < 4.78 is 5.68. The summed E-state index contributed by atoms with van der Waals surface area (Å²) in [7, 11) is 1.72. The second-order valence-electron chi connectivity index (χ2n) is 5.90. The highest BCUT2D eigenvalue weighted by atomic mass is 16.5. The van der Waals surface area contributed by atoms with Crippen molar-refractivity contribution in [3.63, 3.8) is 0 Å². The largest absolute Gasteiger partial charge is 0.493 e. The number of rotatable bonds is 7. The van der Waals surface area contributed by atoms with Gasteiger partial charge in [-0.15, -0.1) is 6.58 Å². The molecule has 1 amide bonds. The fourth-order valence-electron chi connectivity index (χ4n) is 3.66. The quantitative estimate of drug-likeness (QED) is 0.780. The number of nitrogens with one attached hydrogen (secondary N) is 1. The predicted molar refractivity (Wildman–Crippen MR) is 90.2 cm³/mol.